The fourth-order valence-corrected chi connectivity index (χ4v) is 2.75. The van der Waals surface area contributed by atoms with Crippen LogP contribution in [0.3, 0.4) is 0 Å². The molecular formula is C14H19ClN2OS. The van der Waals surface area contributed by atoms with Gasteiger partial charge in [0.25, 0.3) is 0 Å². The van der Waals surface area contributed by atoms with Crippen molar-refractivity contribution in [3.8, 4) is 0 Å². The van der Waals surface area contributed by atoms with Crippen molar-refractivity contribution in [2.24, 2.45) is 5.41 Å². The van der Waals surface area contributed by atoms with Gasteiger partial charge in [0.1, 0.15) is 0 Å². The highest BCUT2D eigenvalue weighted by atomic mass is 35.5. The molecule has 2 rings (SSSR count). The summed E-state index contributed by atoms with van der Waals surface area (Å²) < 4.78 is 7.97. The van der Waals surface area contributed by atoms with Crippen LogP contribution >= 0.6 is 23.8 Å². The molecule has 0 saturated carbocycles. The third kappa shape index (κ3) is 3.19. The number of fused-ring (bicyclic) bond motifs is 1. The minimum Gasteiger partial charge on any atom is -0.385 e. The van der Waals surface area contributed by atoms with E-state index in [4.69, 9.17) is 28.6 Å². The molecule has 3 nitrogen and oxygen atoms in total. The van der Waals surface area contributed by atoms with Crippen LogP contribution in [0.15, 0.2) is 18.2 Å². The highest BCUT2D eigenvalue weighted by Gasteiger charge is 2.20. The van der Waals surface area contributed by atoms with E-state index in [1.54, 1.807) is 7.11 Å². The van der Waals surface area contributed by atoms with E-state index in [0.29, 0.717) is 4.77 Å². The molecule has 1 heterocycles. The number of nitrogens with one attached hydrogen (secondary N) is 1. The summed E-state index contributed by atoms with van der Waals surface area (Å²) in [5.74, 6) is 0. The van der Waals surface area contributed by atoms with Gasteiger partial charge in [-0.1, -0.05) is 31.5 Å². The average molecular weight is 299 g/mol. The largest absolute Gasteiger partial charge is 0.385 e. The molecule has 0 atom stereocenters. The Hall–Kier alpha value is -0.840. The van der Waals surface area contributed by atoms with Crippen molar-refractivity contribution in [3.05, 3.63) is 28.0 Å². The summed E-state index contributed by atoms with van der Waals surface area (Å²) in [7, 11) is 1.73. The zero-order valence-electron chi connectivity index (χ0n) is 11.5. The van der Waals surface area contributed by atoms with Crippen LogP contribution in [0.4, 0.5) is 0 Å². The Morgan fingerprint density at radius 3 is 2.84 bits per heavy atom. The van der Waals surface area contributed by atoms with Gasteiger partial charge in [-0.2, -0.15) is 0 Å². The summed E-state index contributed by atoms with van der Waals surface area (Å²) in [5.41, 5.74) is 2.07. The predicted molar refractivity (Wildman–Crippen MR) is 82.4 cm³/mol. The number of nitrogens with zero attached hydrogens (tertiary/aromatic N) is 1. The lowest BCUT2D eigenvalue weighted by molar-refractivity contribution is 0.143. The van der Waals surface area contributed by atoms with E-state index in [-0.39, 0.29) is 5.41 Å². The fourth-order valence-electron chi connectivity index (χ4n) is 2.21. The molecule has 0 unspecified atom stereocenters. The lowest BCUT2D eigenvalue weighted by Gasteiger charge is -2.25. The molecule has 0 saturated heterocycles. The maximum Gasteiger partial charge on any atom is 0.178 e. The monoisotopic (exact) mass is 298 g/mol. The number of aromatic nitrogens is 2. The molecule has 0 aliphatic rings. The topological polar surface area (TPSA) is 29.9 Å². The van der Waals surface area contributed by atoms with E-state index in [2.05, 4.69) is 23.4 Å². The number of hydrogen-bond acceptors (Lipinski definition) is 2. The smallest absolute Gasteiger partial charge is 0.178 e. The highest BCUT2D eigenvalue weighted by Crippen LogP contribution is 2.29. The Balaban J connectivity index is 2.40. The summed E-state index contributed by atoms with van der Waals surface area (Å²) in [6.45, 7) is 5.99. The van der Waals surface area contributed by atoms with Gasteiger partial charge in [-0.15, -0.1) is 0 Å². The number of benzene rings is 1. The maximum atomic E-state index is 6.30. The summed E-state index contributed by atoms with van der Waals surface area (Å²) in [6, 6.07) is 5.82. The van der Waals surface area contributed by atoms with Crippen molar-refractivity contribution in [1.82, 2.24) is 9.55 Å². The standard InChI is InChI=1S/C14H19ClN2OS/c1-14(2,7-8-18-3)9-17-12-10(15)5-4-6-11(12)16-13(17)19/h4-6H,7-9H2,1-3H3,(H,16,19). The van der Waals surface area contributed by atoms with Crippen molar-refractivity contribution < 1.29 is 4.74 Å². The molecule has 104 valence electrons. The molecule has 0 fully saturated rings. The van der Waals surface area contributed by atoms with Crippen LogP contribution < -0.4 is 0 Å². The SMILES string of the molecule is COCCC(C)(C)Cn1c(=S)[nH]c2cccc(Cl)c21. The van der Waals surface area contributed by atoms with E-state index in [9.17, 15) is 0 Å². The van der Waals surface area contributed by atoms with Crippen molar-refractivity contribution >= 4 is 34.9 Å². The molecule has 2 aromatic rings. The van der Waals surface area contributed by atoms with Crippen LogP contribution in [0.25, 0.3) is 11.0 Å². The van der Waals surface area contributed by atoms with Crippen LogP contribution in [-0.2, 0) is 11.3 Å². The number of imidazole rings is 1. The number of hydrogen-bond donors (Lipinski definition) is 1. The molecule has 0 bridgehead atoms. The van der Waals surface area contributed by atoms with Crippen molar-refractivity contribution in [2.45, 2.75) is 26.8 Å². The Bertz CT molecular complexity index is 630. The number of ether oxygens (including phenoxy) is 1. The predicted octanol–water partition coefficient (Wildman–Crippen LogP) is 4.41. The summed E-state index contributed by atoms with van der Waals surface area (Å²) in [6.07, 6.45) is 0.975. The maximum absolute atomic E-state index is 6.30. The molecular weight excluding hydrogens is 280 g/mol. The molecule has 5 heteroatoms. The van der Waals surface area contributed by atoms with Crippen LogP contribution in [0.2, 0.25) is 5.02 Å². The van der Waals surface area contributed by atoms with Crippen LogP contribution in [-0.4, -0.2) is 23.3 Å². The summed E-state index contributed by atoms with van der Waals surface area (Å²) in [5, 5.41) is 0.729. The van der Waals surface area contributed by atoms with Crippen LogP contribution in [0, 0.1) is 10.2 Å². The molecule has 0 aliphatic carbocycles. The number of aromatic amines is 1. The molecule has 0 spiro atoms. The average Bonchev–Trinajstić information content (AvgIpc) is 2.64. The van der Waals surface area contributed by atoms with E-state index < -0.39 is 0 Å². The second kappa shape index (κ2) is 5.65. The Labute approximate surface area is 123 Å². The van der Waals surface area contributed by atoms with Gasteiger partial charge < -0.3 is 14.3 Å². The first kappa shape index (κ1) is 14.6. The number of halogens is 1. The second-order valence-corrected chi connectivity index (χ2v) is 6.35. The zero-order chi connectivity index (χ0) is 14.0. The zero-order valence-corrected chi connectivity index (χ0v) is 13.1. The third-order valence-electron chi connectivity index (χ3n) is 3.31. The van der Waals surface area contributed by atoms with Gasteiger partial charge in [0.15, 0.2) is 4.77 Å². The Kier molecular flexibility index (Phi) is 4.33. The van der Waals surface area contributed by atoms with E-state index >= 15 is 0 Å². The second-order valence-electron chi connectivity index (χ2n) is 5.56. The Morgan fingerprint density at radius 2 is 2.16 bits per heavy atom. The highest BCUT2D eigenvalue weighted by molar-refractivity contribution is 7.71. The molecule has 1 aromatic heterocycles. The Morgan fingerprint density at radius 1 is 1.42 bits per heavy atom. The first-order chi connectivity index (χ1) is 8.94. The van der Waals surface area contributed by atoms with Crippen molar-refractivity contribution in [2.75, 3.05) is 13.7 Å². The van der Waals surface area contributed by atoms with Gasteiger partial charge in [0.05, 0.1) is 16.1 Å². The van der Waals surface area contributed by atoms with Crippen LogP contribution in [0.1, 0.15) is 20.3 Å². The minimum atomic E-state index is 0.0997. The first-order valence-corrected chi connectivity index (χ1v) is 7.09. The minimum absolute atomic E-state index is 0.0997. The molecule has 0 aliphatic heterocycles. The molecule has 1 aromatic carbocycles. The number of H-pyrrole nitrogens is 1. The number of para-hydroxylation sites is 1. The lowest BCUT2D eigenvalue weighted by atomic mass is 9.89. The molecule has 1 N–H and O–H groups in total. The van der Waals surface area contributed by atoms with E-state index in [1.165, 1.54) is 0 Å². The molecule has 19 heavy (non-hydrogen) atoms. The molecule has 0 radical (unpaired) electrons. The lowest BCUT2D eigenvalue weighted by Crippen LogP contribution is -2.21. The summed E-state index contributed by atoms with van der Waals surface area (Å²) >= 11 is 11.7. The van der Waals surface area contributed by atoms with Crippen molar-refractivity contribution in [1.29, 1.82) is 0 Å². The first-order valence-electron chi connectivity index (χ1n) is 6.30. The van der Waals surface area contributed by atoms with Crippen LogP contribution in [0.5, 0.6) is 0 Å². The van der Waals surface area contributed by atoms with Gasteiger partial charge in [-0.25, -0.2) is 0 Å². The normalized spacial score (nSPS) is 12.2. The fraction of sp³-hybridized carbons (Fsp3) is 0.500. The van der Waals surface area contributed by atoms with E-state index in [1.807, 2.05) is 18.2 Å². The van der Waals surface area contributed by atoms with Crippen molar-refractivity contribution in [3.63, 3.8) is 0 Å². The quantitative estimate of drug-likeness (QED) is 0.828. The molecule has 0 amide bonds. The number of methoxy groups -OCH3 is 1. The van der Waals surface area contributed by atoms with Gasteiger partial charge in [0, 0.05) is 20.3 Å². The summed E-state index contributed by atoms with van der Waals surface area (Å²) in [4.78, 5) is 3.21. The third-order valence-corrected chi connectivity index (χ3v) is 3.94. The van der Waals surface area contributed by atoms with Gasteiger partial charge >= 0.3 is 0 Å². The number of rotatable bonds is 5. The van der Waals surface area contributed by atoms with Gasteiger partial charge in [-0.05, 0) is 36.2 Å². The van der Waals surface area contributed by atoms with Gasteiger partial charge in [-0.3, -0.25) is 0 Å². The van der Waals surface area contributed by atoms with Gasteiger partial charge in [0.2, 0.25) is 0 Å². The van der Waals surface area contributed by atoms with E-state index in [0.717, 1.165) is 35.6 Å².